The molecule has 20 heavy (non-hydrogen) atoms. The highest BCUT2D eigenvalue weighted by Gasteiger charge is 2.28. The van der Waals surface area contributed by atoms with Crippen LogP contribution in [0.25, 0.3) is 0 Å². The van der Waals surface area contributed by atoms with Crippen molar-refractivity contribution < 1.29 is 10.0 Å². The van der Waals surface area contributed by atoms with Crippen LogP contribution in [-0.2, 0) is 11.2 Å². The van der Waals surface area contributed by atoms with Crippen LogP contribution in [0.5, 0.6) is 0 Å². The predicted molar refractivity (Wildman–Crippen MR) is 79.9 cm³/mol. The Kier molecular flexibility index (Phi) is 5.00. The fourth-order valence-corrected chi connectivity index (χ4v) is 3.67. The molecule has 1 aliphatic rings. The van der Waals surface area contributed by atoms with Crippen LogP contribution >= 0.6 is 11.3 Å². The smallest absolute Gasteiger partial charge is 0.231 e. The lowest BCUT2D eigenvalue weighted by Gasteiger charge is -2.25. The molecule has 1 aromatic rings. The molecule has 1 amide bonds. The number of carbonyl (C=O) groups is 1. The number of rotatable bonds is 5. The van der Waals surface area contributed by atoms with Crippen molar-refractivity contribution in [2.75, 3.05) is 0 Å². The van der Waals surface area contributed by atoms with Gasteiger partial charge in [-0.2, -0.15) is 0 Å². The first kappa shape index (κ1) is 14.8. The average Bonchev–Trinajstić information content (AvgIpc) is 2.93. The molecule has 4 N–H and O–H groups in total. The first-order chi connectivity index (χ1) is 9.67. The summed E-state index contributed by atoms with van der Waals surface area (Å²) in [5.41, 5.74) is 6.85. The first-order valence-electron chi connectivity index (χ1n) is 7.01. The normalized spacial score (nSPS) is 20.2. The molecule has 0 saturated carbocycles. The lowest BCUT2D eigenvalue weighted by atomic mass is 9.93. The Bertz CT molecular complexity index is 498. The average molecular weight is 295 g/mol. The summed E-state index contributed by atoms with van der Waals surface area (Å²) in [6, 6.07) is 2.14. The number of amides is 1. The molecule has 2 rings (SSSR count). The standard InChI is InChI=1S/C14H21N3O2S/c1-2-4-10(13(15)17-19)14(18)16-11-5-3-6-12-9(11)7-8-20-12/h7-8,10-11,19H,2-6H2,1H3,(H2,15,17)(H,16,18). The van der Waals surface area contributed by atoms with Crippen molar-refractivity contribution in [3.63, 3.8) is 0 Å². The largest absolute Gasteiger partial charge is 0.409 e. The summed E-state index contributed by atoms with van der Waals surface area (Å²) < 4.78 is 0. The monoisotopic (exact) mass is 295 g/mol. The van der Waals surface area contributed by atoms with Crippen LogP contribution < -0.4 is 11.1 Å². The summed E-state index contributed by atoms with van der Waals surface area (Å²) in [5, 5.41) is 16.9. The van der Waals surface area contributed by atoms with Crippen LogP contribution in [0, 0.1) is 5.92 Å². The number of carbonyl (C=O) groups excluding carboxylic acids is 1. The molecule has 110 valence electrons. The number of hydrogen-bond donors (Lipinski definition) is 3. The van der Waals surface area contributed by atoms with Crippen LogP contribution in [0.1, 0.15) is 49.1 Å². The fourth-order valence-electron chi connectivity index (χ4n) is 2.68. The minimum absolute atomic E-state index is 0.00861. The summed E-state index contributed by atoms with van der Waals surface area (Å²) in [7, 11) is 0. The predicted octanol–water partition coefficient (Wildman–Crippen LogP) is 2.40. The van der Waals surface area contributed by atoms with E-state index in [0.29, 0.717) is 6.42 Å². The molecule has 0 bridgehead atoms. The molecular weight excluding hydrogens is 274 g/mol. The summed E-state index contributed by atoms with van der Waals surface area (Å²) in [5.74, 6) is -0.703. The Labute approximate surface area is 122 Å². The van der Waals surface area contributed by atoms with Gasteiger partial charge in [0.25, 0.3) is 0 Å². The van der Waals surface area contributed by atoms with Crippen molar-refractivity contribution in [3.8, 4) is 0 Å². The van der Waals surface area contributed by atoms with Crippen molar-refractivity contribution in [3.05, 3.63) is 21.9 Å². The molecule has 0 spiro atoms. The molecule has 0 aliphatic heterocycles. The van der Waals surface area contributed by atoms with Gasteiger partial charge in [0.1, 0.15) is 0 Å². The van der Waals surface area contributed by atoms with E-state index >= 15 is 0 Å². The van der Waals surface area contributed by atoms with E-state index in [1.165, 1.54) is 10.4 Å². The molecule has 1 aliphatic carbocycles. The lowest BCUT2D eigenvalue weighted by molar-refractivity contribution is -0.124. The maximum Gasteiger partial charge on any atom is 0.231 e. The van der Waals surface area contributed by atoms with Crippen molar-refractivity contribution in [2.24, 2.45) is 16.8 Å². The number of nitrogens with zero attached hydrogens (tertiary/aromatic N) is 1. The molecule has 1 aromatic heterocycles. The number of nitrogens with one attached hydrogen (secondary N) is 1. The van der Waals surface area contributed by atoms with E-state index in [1.54, 1.807) is 11.3 Å². The van der Waals surface area contributed by atoms with Crippen molar-refractivity contribution in [1.82, 2.24) is 5.32 Å². The summed E-state index contributed by atoms with van der Waals surface area (Å²) in [6.07, 6.45) is 4.52. The fraction of sp³-hybridized carbons (Fsp3) is 0.571. The second kappa shape index (κ2) is 6.74. The van der Waals surface area contributed by atoms with Gasteiger partial charge < -0.3 is 16.3 Å². The van der Waals surface area contributed by atoms with E-state index in [2.05, 4.69) is 21.9 Å². The van der Waals surface area contributed by atoms with E-state index in [-0.39, 0.29) is 17.8 Å². The van der Waals surface area contributed by atoms with Gasteiger partial charge in [0.05, 0.1) is 12.0 Å². The zero-order valence-corrected chi connectivity index (χ0v) is 12.4. The van der Waals surface area contributed by atoms with Crippen molar-refractivity contribution >= 4 is 23.1 Å². The molecule has 0 saturated heterocycles. The third kappa shape index (κ3) is 3.12. The summed E-state index contributed by atoms with van der Waals surface area (Å²) in [6.45, 7) is 1.97. The van der Waals surface area contributed by atoms with Crippen LogP contribution in [0.2, 0.25) is 0 Å². The Hall–Kier alpha value is -1.56. The highest BCUT2D eigenvalue weighted by molar-refractivity contribution is 7.10. The van der Waals surface area contributed by atoms with Gasteiger partial charge in [0, 0.05) is 4.88 Å². The highest BCUT2D eigenvalue weighted by atomic mass is 32.1. The van der Waals surface area contributed by atoms with Crippen molar-refractivity contribution in [1.29, 1.82) is 0 Å². The lowest BCUT2D eigenvalue weighted by Crippen LogP contribution is -2.41. The molecule has 0 fully saturated rings. The Morgan fingerprint density at radius 3 is 3.20 bits per heavy atom. The van der Waals surface area contributed by atoms with Crippen LogP contribution in [0.3, 0.4) is 0 Å². The molecular formula is C14H21N3O2S. The Balaban J connectivity index is 2.08. The minimum atomic E-state index is -0.547. The second-order valence-corrected chi connectivity index (χ2v) is 6.12. The van der Waals surface area contributed by atoms with Gasteiger partial charge in [-0.05, 0) is 42.7 Å². The maximum absolute atomic E-state index is 12.4. The van der Waals surface area contributed by atoms with Crippen LogP contribution in [-0.4, -0.2) is 17.0 Å². The number of oxime groups is 1. The third-order valence-corrected chi connectivity index (χ3v) is 4.73. The quantitative estimate of drug-likeness (QED) is 0.337. The molecule has 1 heterocycles. The zero-order chi connectivity index (χ0) is 14.5. The van der Waals surface area contributed by atoms with E-state index in [4.69, 9.17) is 10.9 Å². The van der Waals surface area contributed by atoms with Gasteiger partial charge in [-0.3, -0.25) is 4.79 Å². The van der Waals surface area contributed by atoms with Gasteiger partial charge >= 0.3 is 0 Å². The Morgan fingerprint density at radius 2 is 2.50 bits per heavy atom. The number of amidine groups is 1. The van der Waals surface area contributed by atoms with E-state index < -0.39 is 5.92 Å². The van der Waals surface area contributed by atoms with E-state index in [9.17, 15) is 4.79 Å². The van der Waals surface area contributed by atoms with Gasteiger partial charge in [-0.25, -0.2) is 0 Å². The van der Waals surface area contributed by atoms with Gasteiger partial charge in [0.15, 0.2) is 5.84 Å². The number of nitrogens with two attached hydrogens (primary N) is 1. The van der Waals surface area contributed by atoms with E-state index in [0.717, 1.165) is 25.7 Å². The van der Waals surface area contributed by atoms with Crippen molar-refractivity contribution in [2.45, 2.75) is 45.1 Å². The van der Waals surface area contributed by atoms with Gasteiger partial charge in [0.2, 0.25) is 5.91 Å². The molecule has 6 heteroatoms. The van der Waals surface area contributed by atoms with Crippen LogP contribution in [0.4, 0.5) is 0 Å². The number of fused-ring (bicyclic) bond motifs is 1. The topological polar surface area (TPSA) is 87.7 Å². The second-order valence-electron chi connectivity index (χ2n) is 5.12. The maximum atomic E-state index is 12.4. The highest BCUT2D eigenvalue weighted by Crippen LogP contribution is 2.33. The molecule has 0 aromatic carbocycles. The third-order valence-electron chi connectivity index (χ3n) is 3.73. The number of aryl methyl sites for hydroxylation is 1. The van der Waals surface area contributed by atoms with Gasteiger partial charge in [-0.15, -0.1) is 11.3 Å². The molecule has 0 radical (unpaired) electrons. The minimum Gasteiger partial charge on any atom is -0.409 e. The van der Waals surface area contributed by atoms with E-state index in [1.807, 2.05) is 6.92 Å². The first-order valence-corrected chi connectivity index (χ1v) is 7.89. The van der Waals surface area contributed by atoms with Gasteiger partial charge in [-0.1, -0.05) is 18.5 Å². The number of thiophene rings is 1. The zero-order valence-electron chi connectivity index (χ0n) is 11.6. The SMILES string of the molecule is CCCC(C(=O)NC1CCCc2sccc21)C(N)=NO. The molecule has 2 unspecified atom stereocenters. The summed E-state index contributed by atoms with van der Waals surface area (Å²) >= 11 is 1.75. The number of hydrogen-bond acceptors (Lipinski definition) is 4. The molecule has 2 atom stereocenters. The summed E-state index contributed by atoms with van der Waals surface area (Å²) in [4.78, 5) is 13.7. The molecule has 5 nitrogen and oxygen atoms in total. The van der Waals surface area contributed by atoms with Crippen LogP contribution in [0.15, 0.2) is 16.6 Å². The Morgan fingerprint density at radius 1 is 1.70 bits per heavy atom.